The molecule has 0 aliphatic rings. The molecule has 74 valence electrons. The van der Waals surface area contributed by atoms with Gasteiger partial charge in [-0.1, -0.05) is 11.3 Å². The van der Waals surface area contributed by atoms with E-state index in [4.69, 9.17) is 4.42 Å². The molecular weight excluding hydrogens is 198 g/mol. The van der Waals surface area contributed by atoms with Gasteiger partial charge in [-0.2, -0.15) is 0 Å². The topological polar surface area (TPSA) is 51.0 Å². The molecule has 0 bridgehead atoms. The average Bonchev–Trinajstić information content (AvgIpc) is 2.74. The van der Waals surface area contributed by atoms with Crippen molar-refractivity contribution in [1.82, 2.24) is 15.5 Å². The first-order valence-electron chi connectivity index (χ1n) is 4.33. The monoisotopic (exact) mass is 209 g/mol. The Bertz CT molecular complexity index is 421. The summed E-state index contributed by atoms with van der Waals surface area (Å²) in [4.78, 5) is 0. The van der Waals surface area contributed by atoms with Crippen LogP contribution in [0.25, 0.3) is 10.8 Å². The molecule has 2 aromatic heterocycles. The fraction of sp³-hybridized carbons (Fsp3) is 0.333. The van der Waals surface area contributed by atoms with Crippen LogP contribution < -0.4 is 5.32 Å². The normalized spacial score (nSPS) is 10.7. The Morgan fingerprint density at radius 2 is 2.29 bits per heavy atom. The van der Waals surface area contributed by atoms with Gasteiger partial charge in [0, 0.05) is 6.54 Å². The minimum absolute atomic E-state index is 0.747. The Morgan fingerprint density at radius 1 is 1.43 bits per heavy atom. The third-order valence-electron chi connectivity index (χ3n) is 1.75. The van der Waals surface area contributed by atoms with Crippen LogP contribution in [0.1, 0.15) is 10.8 Å². The third-order valence-corrected chi connectivity index (χ3v) is 2.68. The van der Waals surface area contributed by atoms with Crippen LogP contribution in [0.5, 0.6) is 0 Å². The van der Waals surface area contributed by atoms with Crippen molar-refractivity contribution >= 4 is 11.3 Å². The average molecular weight is 209 g/mol. The van der Waals surface area contributed by atoms with E-state index < -0.39 is 0 Å². The van der Waals surface area contributed by atoms with Crippen LogP contribution in [0.2, 0.25) is 0 Å². The number of furan rings is 1. The van der Waals surface area contributed by atoms with E-state index in [9.17, 15) is 0 Å². The first kappa shape index (κ1) is 9.36. The molecule has 14 heavy (non-hydrogen) atoms. The Labute approximate surface area is 86.0 Å². The van der Waals surface area contributed by atoms with Crippen LogP contribution in [0.3, 0.4) is 0 Å². The van der Waals surface area contributed by atoms with Crippen LogP contribution in [0.15, 0.2) is 16.5 Å². The van der Waals surface area contributed by atoms with Gasteiger partial charge in [0.2, 0.25) is 0 Å². The van der Waals surface area contributed by atoms with Crippen molar-refractivity contribution in [3.63, 3.8) is 0 Å². The molecule has 5 heteroatoms. The second-order valence-corrected chi connectivity index (χ2v) is 4.00. The van der Waals surface area contributed by atoms with Gasteiger partial charge in [-0.05, 0) is 26.1 Å². The molecule has 0 radical (unpaired) electrons. The van der Waals surface area contributed by atoms with Crippen molar-refractivity contribution < 1.29 is 4.42 Å². The standard InChI is InChI=1S/C9H11N3OS/c1-6-3-4-7(13-6)9-12-11-8(14-9)5-10-2/h3-4,10H,5H2,1-2H3. The number of aromatic nitrogens is 2. The largest absolute Gasteiger partial charge is 0.459 e. The summed E-state index contributed by atoms with van der Waals surface area (Å²) < 4.78 is 5.45. The molecule has 0 aromatic carbocycles. The van der Waals surface area contributed by atoms with Gasteiger partial charge >= 0.3 is 0 Å². The number of aryl methyl sites for hydroxylation is 1. The van der Waals surface area contributed by atoms with E-state index in [1.165, 1.54) is 0 Å². The SMILES string of the molecule is CNCc1nnc(-c2ccc(C)o2)s1. The van der Waals surface area contributed by atoms with Crippen molar-refractivity contribution in [2.45, 2.75) is 13.5 Å². The molecule has 0 fully saturated rings. The summed E-state index contributed by atoms with van der Waals surface area (Å²) in [5, 5.41) is 12.9. The molecule has 0 aliphatic heterocycles. The van der Waals surface area contributed by atoms with Gasteiger partial charge in [-0.25, -0.2) is 0 Å². The third kappa shape index (κ3) is 1.83. The zero-order chi connectivity index (χ0) is 9.97. The first-order valence-corrected chi connectivity index (χ1v) is 5.15. The smallest absolute Gasteiger partial charge is 0.183 e. The summed E-state index contributed by atoms with van der Waals surface area (Å²) in [6.45, 7) is 2.66. The maximum Gasteiger partial charge on any atom is 0.183 e. The van der Waals surface area contributed by atoms with Crippen molar-refractivity contribution in [2.24, 2.45) is 0 Å². The Hall–Kier alpha value is -1.20. The minimum atomic E-state index is 0.747. The number of hydrogen-bond acceptors (Lipinski definition) is 5. The second kappa shape index (κ2) is 3.89. The maximum absolute atomic E-state index is 5.45. The predicted octanol–water partition coefficient (Wildman–Crippen LogP) is 1.83. The lowest BCUT2D eigenvalue weighted by atomic mass is 10.4. The van der Waals surface area contributed by atoms with Crippen LogP contribution >= 0.6 is 11.3 Å². The number of rotatable bonds is 3. The van der Waals surface area contributed by atoms with E-state index in [0.717, 1.165) is 28.1 Å². The molecule has 0 spiro atoms. The van der Waals surface area contributed by atoms with Gasteiger partial charge in [0.15, 0.2) is 10.8 Å². The van der Waals surface area contributed by atoms with Crippen molar-refractivity contribution in [3.8, 4) is 10.8 Å². The van der Waals surface area contributed by atoms with E-state index in [1.54, 1.807) is 11.3 Å². The van der Waals surface area contributed by atoms with Gasteiger partial charge in [-0.15, -0.1) is 10.2 Å². The van der Waals surface area contributed by atoms with Crippen LogP contribution in [-0.2, 0) is 6.54 Å². The minimum Gasteiger partial charge on any atom is -0.459 e. The first-order chi connectivity index (χ1) is 6.79. The Balaban J connectivity index is 2.24. The van der Waals surface area contributed by atoms with Gasteiger partial charge in [-0.3, -0.25) is 0 Å². The predicted molar refractivity (Wildman–Crippen MR) is 55.1 cm³/mol. The van der Waals surface area contributed by atoms with Gasteiger partial charge < -0.3 is 9.73 Å². The van der Waals surface area contributed by atoms with E-state index in [2.05, 4.69) is 15.5 Å². The Kier molecular flexibility index (Phi) is 2.60. The summed E-state index contributed by atoms with van der Waals surface area (Å²) in [5.41, 5.74) is 0. The fourth-order valence-corrected chi connectivity index (χ4v) is 1.94. The van der Waals surface area contributed by atoms with Gasteiger partial charge in [0.1, 0.15) is 10.8 Å². The van der Waals surface area contributed by atoms with Crippen molar-refractivity contribution in [2.75, 3.05) is 7.05 Å². The molecule has 0 atom stereocenters. The molecule has 2 heterocycles. The highest BCUT2D eigenvalue weighted by Crippen LogP contribution is 2.24. The van der Waals surface area contributed by atoms with E-state index in [1.807, 2.05) is 26.1 Å². The van der Waals surface area contributed by atoms with Crippen molar-refractivity contribution in [3.05, 3.63) is 22.9 Å². The molecule has 0 saturated carbocycles. The number of nitrogens with zero attached hydrogens (tertiary/aromatic N) is 2. The highest BCUT2D eigenvalue weighted by atomic mass is 32.1. The fourth-order valence-electron chi connectivity index (χ4n) is 1.13. The molecule has 0 saturated heterocycles. The zero-order valence-corrected chi connectivity index (χ0v) is 8.89. The highest BCUT2D eigenvalue weighted by molar-refractivity contribution is 7.14. The molecule has 0 aliphatic carbocycles. The lowest BCUT2D eigenvalue weighted by Crippen LogP contribution is -2.04. The Morgan fingerprint density at radius 3 is 2.93 bits per heavy atom. The molecule has 0 unspecified atom stereocenters. The van der Waals surface area contributed by atoms with Gasteiger partial charge in [0.25, 0.3) is 0 Å². The molecular formula is C9H11N3OS. The molecule has 4 nitrogen and oxygen atoms in total. The molecule has 2 rings (SSSR count). The summed E-state index contributed by atoms with van der Waals surface area (Å²) in [6.07, 6.45) is 0. The van der Waals surface area contributed by atoms with Crippen LogP contribution in [-0.4, -0.2) is 17.2 Å². The quantitative estimate of drug-likeness (QED) is 0.837. The second-order valence-electron chi connectivity index (χ2n) is 2.94. The van der Waals surface area contributed by atoms with Crippen LogP contribution in [0.4, 0.5) is 0 Å². The summed E-state index contributed by atoms with van der Waals surface area (Å²) in [5.74, 6) is 1.69. The lowest BCUT2D eigenvalue weighted by Gasteiger charge is -1.88. The lowest BCUT2D eigenvalue weighted by molar-refractivity contribution is 0.547. The summed E-state index contributed by atoms with van der Waals surface area (Å²) in [6, 6.07) is 3.84. The van der Waals surface area contributed by atoms with E-state index in [0.29, 0.717) is 0 Å². The van der Waals surface area contributed by atoms with E-state index in [-0.39, 0.29) is 0 Å². The van der Waals surface area contributed by atoms with Gasteiger partial charge in [0.05, 0.1) is 0 Å². The maximum atomic E-state index is 5.45. The number of nitrogens with one attached hydrogen (secondary N) is 1. The zero-order valence-electron chi connectivity index (χ0n) is 8.07. The summed E-state index contributed by atoms with van der Waals surface area (Å²) in [7, 11) is 1.89. The highest BCUT2D eigenvalue weighted by Gasteiger charge is 2.08. The molecule has 2 aromatic rings. The summed E-state index contributed by atoms with van der Waals surface area (Å²) >= 11 is 1.55. The molecule has 0 amide bonds. The number of hydrogen-bond donors (Lipinski definition) is 1. The van der Waals surface area contributed by atoms with Crippen LogP contribution in [0, 0.1) is 6.92 Å². The van der Waals surface area contributed by atoms with E-state index >= 15 is 0 Å². The molecule has 1 N–H and O–H groups in total. The van der Waals surface area contributed by atoms with Crippen molar-refractivity contribution in [1.29, 1.82) is 0 Å².